The average molecular weight is 289 g/mol. The van der Waals surface area contributed by atoms with E-state index >= 15 is 0 Å². The lowest BCUT2D eigenvalue weighted by atomic mass is 9.96. The molecule has 1 aliphatic heterocycles. The SMILES string of the molecule is CCCNC1CCN(CCC(=O)NCC)c2ccccc21. The molecule has 116 valence electrons. The predicted octanol–water partition coefficient (Wildman–Crippen LogP) is 2.46. The van der Waals surface area contributed by atoms with Crippen LogP contribution in [0.1, 0.15) is 44.7 Å². The third-order valence-electron chi connectivity index (χ3n) is 3.96. The van der Waals surface area contributed by atoms with Crippen LogP contribution in [-0.2, 0) is 4.79 Å². The molecule has 1 aromatic rings. The third kappa shape index (κ3) is 4.21. The van der Waals surface area contributed by atoms with E-state index in [0.29, 0.717) is 19.0 Å². The molecule has 0 saturated heterocycles. The number of nitrogens with zero attached hydrogens (tertiary/aromatic N) is 1. The molecular formula is C17H27N3O. The average Bonchev–Trinajstić information content (AvgIpc) is 2.51. The van der Waals surface area contributed by atoms with Crippen molar-refractivity contribution in [1.82, 2.24) is 10.6 Å². The molecule has 1 amide bonds. The Bertz CT molecular complexity index is 461. The minimum atomic E-state index is 0.140. The zero-order valence-corrected chi connectivity index (χ0v) is 13.2. The fourth-order valence-electron chi connectivity index (χ4n) is 2.92. The Hall–Kier alpha value is -1.55. The first-order valence-electron chi connectivity index (χ1n) is 8.10. The lowest BCUT2D eigenvalue weighted by Crippen LogP contribution is -2.38. The molecule has 4 heteroatoms. The van der Waals surface area contributed by atoms with Crippen LogP contribution in [0.2, 0.25) is 0 Å². The molecule has 1 aliphatic rings. The summed E-state index contributed by atoms with van der Waals surface area (Å²) in [7, 11) is 0. The number of nitrogens with one attached hydrogen (secondary N) is 2. The first-order chi connectivity index (χ1) is 10.3. The van der Waals surface area contributed by atoms with Crippen LogP contribution < -0.4 is 15.5 Å². The maximum Gasteiger partial charge on any atom is 0.221 e. The molecule has 1 aromatic carbocycles. The number of anilines is 1. The number of hydrogen-bond acceptors (Lipinski definition) is 3. The molecule has 0 aliphatic carbocycles. The summed E-state index contributed by atoms with van der Waals surface area (Å²) in [5.41, 5.74) is 2.65. The van der Waals surface area contributed by atoms with Gasteiger partial charge in [-0.1, -0.05) is 25.1 Å². The fraction of sp³-hybridized carbons (Fsp3) is 0.588. The Morgan fingerprint density at radius 1 is 1.33 bits per heavy atom. The lowest BCUT2D eigenvalue weighted by Gasteiger charge is -2.36. The van der Waals surface area contributed by atoms with Crippen LogP contribution in [0.3, 0.4) is 0 Å². The van der Waals surface area contributed by atoms with Gasteiger partial charge in [0, 0.05) is 37.8 Å². The highest BCUT2D eigenvalue weighted by Gasteiger charge is 2.24. The van der Waals surface area contributed by atoms with Crippen LogP contribution in [-0.4, -0.2) is 32.1 Å². The van der Waals surface area contributed by atoms with E-state index in [1.807, 2.05) is 6.92 Å². The highest BCUT2D eigenvalue weighted by Crippen LogP contribution is 2.33. The lowest BCUT2D eigenvalue weighted by molar-refractivity contribution is -0.120. The number of para-hydroxylation sites is 1. The van der Waals surface area contributed by atoms with Crippen molar-refractivity contribution in [3.63, 3.8) is 0 Å². The van der Waals surface area contributed by atoms with Gasteiger partial charge in [-0.15, -0.1) is 0 Å². The van der Waals surface area contributed by atoms with E-state index in [1.165, 1.54) is 11.3 Å². The Morgan fingerprint density at radius 2 is 2.14 bits per heavy atom. The second-order valence-electron chi connectivity index (χ2n) is 5.54. The zero-order chi connectivity index (χ0) is 15.1. The Labute approximate surface area is 127 Å². The van der Waals surface area contributed by atoms with Crippen molar-refractivity contribution in [2.24, 2.45) is 0 Å². The summed E-state index contributed by atoms with van der Waals surface area (Å²) < 4.78 is 0. The van der Waals surface area contributed by atoms with Gasteiger partial charge in [0.25, 0.3) is 0 Å². The van der Waals surface area contributed by atoms with Crippen LogP contribution in [0.4, 0.5) is 5.69 Å². The smallest absolute Gasteiger partial charge is 0.221 e. The van der Waals surface area contributed by atoms with Crippen LogP contribution in [0, 0.1) is 0 Å². The Kier molecular flexibility index (Phi) is 6.05. The van der Waals surface area contributed by atoms with E-state index < -0.39 is 0 Å². The van der Waals surface area contributed by atoms with Gasteiger partial charge in [-0.25, -0.2) is 0 Å². The van der Waals surface area contributed by atoms with E-state index in [-0.39, 0.29) is 5.91 Å². The van der Waals surface area contributed by atoms with Crippen molar-refractivity contribution < 1.29 is 4.79 Å². The van der Waals surface area contributed by atoms with Crippen molar-refractivity contribution in [2.75, 3.05) is 31.1 Å². The molecule has 0 fully saturated rings. The number of carbonyl (C=O) groups excluding carboxylic acids is 1. The first-order valence-corrected chi connectivity index (χ1v) is 8.10. The van der Waals surface area contributed by atoms with Crippen LogP contribution in [0.15, 0.2) is 24.3 Å². The fourth-order valence-corrected chi connectivity index (χ4v) is 2.92. The molecule has 0 saturated carbocycles. The summed E-state index contributed by atoms with van der Waals surface area (Å²) >= 11 is 0. The monoisotopic (exact) mass is 289 g/mol. The second kappa shape index (κ2) is 8.03. The molecule has 0 aromatic heterocycles. The van der Waals surface area contributed by atoms with Gasteiger partial charge in [-0.05, 0) is 37.9 Å². The minimum Gasteiger partial charge on any atom is -0.371 e. The minimum absolute atomic E-state index is 0.140. The molecule has 0 radical (unpaired) electrons. The van der Waals surface area contributed by atoms with Gasteiger partial charge in [0.15, 0.2) is 0 Å². The summed E-state index contributed by atoms with van der Waals surface area (Å²) in [4.78, 5) is 14.0. The summed E-state index contributed by atoms with van der Waals surface area (Å²) in [6, 6.07) is 9.02. The van der Waals surface area contributed by atoms with Crippen molar-refractivity contribution in [1.29, 1.82) is 0 Å². The molecule has 0 spiro atoms. The molecule has 0 bridgehead atoms. The summed E-state index contributed by atoms with van der Waals surface area (Å²) in [5, 5.41) is 6.50. The van der Waals surface area contributed by atoms with Gasteiger partial charge in [-0.3, -0.25) is 4.79 Å². The van der Waals surface area contributed by atoms with E-state index in [9.17, 15) is 4.79 Å². The normalized spacial score (nSPS) is 17.4. The van der Waals surface area contributed by atoms with E-state index in [0.717, 1.165) is 32.5 Å². The van der Waals surface area contributed by atoms with Gasteiger partial charge >= 0.3 is 0 Å². The Balaban J connectivity index is 2.03. The standard InChI is InChI=1S/C17H27N3O/c1-3-11-19-15-9-12-20(13-10-17(21)18-4-2)16-8-6-5-7-14(15)16/h5-8,15,19H,3-4,9-13H2,1-2H3,(H,18,21). The highest BCUT2D eigenvalue weighted by atomic mass is 16.1. The van der Waals surface area contributed by atoms with Crippen LogP contribution >= 0.6 is 0 Å². The number of hydrogen-bond donors (Lipinski definition) is 2. The van der Waals surface area contributed by atoms with Crippen molar-refractivity contribution in [3.8, 4) is 0 Å². The quantitative estimate of drug-likeness (QED) is 0.810. The number of benzene rings is 1. The predicted molar refractivity (Wildman–Crippen MR) is 87.6 cm³/mol. The van der Waals surface area contributed by atoms with E-state index in [1.54, 1.807) is 0 Å². The highest BCUT2D eigenvalue weighted by molar-refractivity contribution is 5.76. The van der Waals surface area contributed by atoms with Crippen LogP contribution in [0.5, 0.6) is 0 Å². The number of carbonyl (C=O) groups is 1. The summed E-state index contributed by atoms with van der Waals surface area (Å²) in [5.74, 6) is 0.140. The maximum atomic E-state index is 11.7. The van der Waals surface area contributed by atoms with Crippen molar-refractivity contribution in [2.45, 2.75) is 39.2 Å². The molecule has 4 nitrogen and oxygen atoms in total. The summed E-state index contributed by atoms with van der Waals surface area (Å²) in [6.45, 7) is 7.72. The maximum absolute atomic E-state index is 11.7. The molecular weight excluding hydrogens is 262 g/mol. The van der Waals surface area contributed by atoms with Crippen molar-refractivity contribution >= 4 is 11.6 Å². The van der Waals surface area contributed by atoms with Gasteiger partial charge in [0.05, 0.1) is 0 Å². The molecule has 1 heterocycles. The van der Waals surface area contributed by atoms with Crippen LogP contribution in [0.25, 0.3) is 0 Å². The largest absolute Gasteiger partial charge is 0.371 e. The van der Waals surface area contributed by atoms with Crippen molar-refractivity contribution in [3.05, 3.63) is 29.8 Å². The van der Waals surface area contributed by atoms with E-state index in [2.05, 4.69) is 46.7 Å². The molecule has 2 rings (SSSR count). The number of amides is 1. The topological polar surface area (TPSA) is 44.4 Å². The van der Waals surface area contributed by atoms with E-state index in [4.69, 9.17) is 0 Å². The zero-order valence-electron chi connectivity index (χ0n) is 13.2. The Morgan fingerprint density at radius 3 is 2.90 bits per heavy atom. The molecule has 1 atom stereocenters. The van der Waals surface area contributed by atoms with Gasteiger partial charge in [0.2, 0.25) is 5.91 Å². The number of fused-ring (bicyclic) bond motifs is 1. The second-order valence-corrected chi connectivity index (χ2v) is 5.54. The molecule has 21 heavy (non-hydrogen) atoms. The summed E-state index contributed by atoms with van der Waals surface area (Å²) in [6.07, 6.45) is 2.82. The van der Waals surface area contributed by atoms with Gasteiger partial charge in [-0.2, -0.15) is 0 Å². The molecule has 1 unspecified atom stereocenters. The third-order valence-corrected chi connectivity index (χ3v) is 3.96. The van der Waals surface area contributed by atoms with Gasteiger partial charge in [0.1, 0.15) is 0 Å². The molecule has 2 N–H and O–H groups in total. The van der Waals surface area contributed by atoms with Gasteiger partial charge < -0.3 is 15.5 Å². The first kappa shape index (κ1) is 15.8. The number of rotatable bonds is 7.